The predicted molar refractivity (Wildman–Crippen MR) is 268 cm³/mol. The lowest BCUT2D eigenvalue weighted by Crippen LogP contribution is -2.64. The van der Waals surface area contributed by atoms with Crippen molar-refractivity contribution in [2.45, 2.75) is 210 Å². The van der Waals surface area contributed by atoms with E-state index in [9.17, 15) is 53.8 Å². The van der Waals surface area contributed by atoms with Crippen LogP contribution in [0.25, 0.3) is 0 Å². The van der Waals surface area contributed by atoms with Crippen molar-refractivity contribution in [3.05, 3.63) is 85.1 Å². The number of epoxide rings is 1. The molecule has 10 atom stereocenters. The number of carbonyl (C=O) groups is 2. The van der Waals surface area contributed by atoms with Crippen molar-refractivity contribution in [3.8, 4) is 0 Å². The van der Waals surface area contributed by atoms with Crippen LogP contribution in [0.15, 0.2) is 85.1 Å². The van der Waals surface area contributed by atoms with Crippen LogP contribution in [0.1, 0.15) is 155 Å². The van der Waals surface area contributed by atoms with Gasteiger partial charge < -0.3 is 49.3 Å². The minimum absolute atomic E-state index is 0.00895. The molecule has 1 saturated heterocycles. The molecule has 7 N–H and O–H groups in total. The summed E-state index contributed by atoms with van der Waals surface area (Å²) in [5, 5.41) is 41.3. The number of rotatable bonds is 40. The molecule has 0 spiro atoms. The average Bonchev–Trinajstić information content (AvgIpc) is 4.07. The van der Waals surface area contributed by atoms with Gasteiger partial charge in [-0.2, -0.15) is 0 Å². The normalized spacial score (nSPS) is 24.6. The Kier molecular flexibility index (Phi) is 34.2. The zero-order valence-electron chi connectivity index (χ0n) is 41.4. The maximum Gasteiger partial charge on any atom is 0.472 e. The van der Waals surface area contributed by atoms with Crippen molar-refractivity contribution in [1.29, 1.82) is 0 Å². The van der Waals surface area contributed by atoms with Crippen molar-refractivity contribution >= 4 is 27.6 Å². The Morgan fingerprint density at radius 3 is 1.64 bits per heavy atom. The summed E-state index contributed by atoms with van der Waals surface area (Å²) in [5.41, 5.74) is 0. The predicted octanol–water partition coefficient (Wildman–Crippen LogP) is 9.16. The minimum atomic E-state index is -5.38. The summed E-state index contributed by atoms with van der Waals surface area (Å²) >= 11 is 0. The van der Waals surface area contributed by atoms with Gasteiger partial charge >= 0.3 is 27.6 Å². The Labute approximate surface area is 416 Å². The lowest BCUT2D eigenvalue weighted by Gasteiger charge is -2.43. The second kappa shape index (κ2) is 37.8. The van der Waals surface area contributed by atoms with Crippen molar-refractivity contribution in [2.24, 2.45) is 0 Å². The quantitative estimate of drug-likeness (QED) is 0.00991. The summed E-state index contributed by atoms with van der Waals surface area (Å²) in [7, 11) is -10.7. The smallest absolute Gasteiger partial charge is 0.462 e. The van der Waals surface area contributed by atoms with E-state index in [1.165, 1.54) is 19.3 Å². The van der Waals surface area contributed by atoms with E-state index < -0.39 is 83.5 Å². The van der Waals surface area contributed by atoms with Gasteiger partial charge in [0.2, 0.25) is 0 Å². The van der Waals surface area contributed by atoms with Crippen LogP contribution in [-0.2, 0) is 46.5 Å². The molecule has 1 aliphatic heterocycles. The number of phosphoric acid groups is 2. The molecule has 1 saturated carbocycles. The number of unbranched alkanes of at least 4 members (excludes halogenated alkanes) is 9. The molecule has 0 aromatic carbocycles. The first-order valence-corrected chi connectivity index (χ1v) is 28.3. The number of esters is 2. The van der Waals surface area contributed by atoms with Gasteiger partial charge in [0.05, 0.1) is 18.8 Å². The molecule has 0 radical (unpaired) electrons. The molecule has 1 aliphatic carbocycles. The molecule has 0 aromatic rings. The highest BCUT2D eigenvalue weighted by atomic mass is 31.2. The fourth-order valence-corrected chi connectivity index (χ4v) is 8.94. The van der Waals surface area contributed by atoms with E-state index in [1.807, 2.05) is 12.2 Å². The van der Waals surface area contributed by atoms with Gasteiger partial charge in [0.25, 0.3) is 0 Å². The highest BCUT2D eigenvalue weighted by molar-refractivity contribution is 7.47. The molecule has 7 unspecified atom stereocenters. The van der Waals surface area contributed by atoms with Crippen molar-refractivity contribution in [3.63, 3.8) is 0 Å². The molecular weight excluding hydrogens is 946 g/mol. The summed E-state index contributed by atoms with van der Waals surface area (Å²) in [4.78, 5) is 54.4. The second-order valence-corrected chi connectivity index (χ2v) is 20.1. The standard InChI is InChI=1S/C51H84O17P2/c1-3-5-7-8-9-10-11-12-13-14-15-16-17-18-19-24-27-30-34-38-45(53)65-41(40-64-70(61,62)68-51-48(56)46(54)47(55)50(49(51)57)67-69(58,59)60)39-63-44(52)37-33-29-26-23-21-20-22-25-28-32-36-43-42(66-43)35-31-6-4-2/h5,7,9-10,12-13,15-16,20,22-23,26,28,32,41-43,46-51,54-57H,3-4,6,8,11,14,17-19,21,24-25,27,29-31,33-40H2,1-2H3,(H,61,62)(H2,58,59,60)/b7-5-,10-9-,13-12-,16-15-,22-20-,26-23-,32-28-/t41-,42?,43?,46?,47?,48?,49?,50-,51+/m1/s1. The zero-order chi connectivity index (χ0) is 51.5. The zero-order valence-corrected chi connectivity index (χ0v) is 43.1. The lowest BCUT2D eigenvalue weighted by atomic mass is 9.85. The maximum absolute atomic E-state index is 13.0. The van der Waals surface area contributed by atoms with Gasteiger partial charge in [-0.3, -0.25) is 23.2 Å². The highest BCUT2D eigenvalue weighted by Crippen LogP contribution is 2.49. The molecule has 2 aliphatic rings. The fraction of sp³-hybridized carbons (Fsp3) is 0.686. The van der Waals surface area contributed by atoms with Gasteiger partial charge in [0, 0.05) is 12.8 Å². The summed E-state index contributed by atoms with van der Waals surface area (Å²) < 4.78 is 55.1. The number of aliphatic hydroxyl groups is 4. The number of aliphatic hydroxyl groups excluding tert-OH is 4. The summed E-state index contributed by atoms with van der Waals surface area (Å²) in [6, 6.07) is 0. The first kappa shape index (κ1) is 63.3. The Morgan fingerprint density at radius 1 is 0.543 bits per heavy atom. The lowest BCUT2D eigenvalue weighted by molar-refractivity contribution is -0.216. The molecule has 0 bridgehead atoms. The third-order valence-electron chi connectivity index (χ3n) is 11.4. The van der Waals surface area contributed by atoms with Crippen LogP contribution in [0, 0.1) is 0 Å². The van der Waals surface area contributed by atoms with Gasteiger partial charge in [-0.1, -0.05) is 144 Å². The molecule has 2 rings (SSSR count). The molecular formula is C51H84O17P2. The number of hydrogen-bond donors (Lipinski definition) is 7. The van der Waals surface area contributed by atoms with Crippen LogP contribution in [0.2, 0.25) is 0 Å². The number of hydrogen-bond acceptors (Lipinski definition) is 14. The minimum Gasteiger partial charge on any atom is -0.462 e. The van der Waals surface area contributed by atoms with Crippen LogP contribution in [-0.4, -0.2) is 115 Å². The molecule has 2 fully saturated rings. The third-order valence-corrected chi connectivity index (χ3v) is 12.9. The van der Waals surface area contributed by atoms with Crippen LogP contribution in [0.4, 0.5) is 0 Å². The molecule has 19 heteroatoms. The van der Waals surface area contributed by atoms with E-state index in [0.29, 0.717) is 31.5 Å². The fourth-order valence-electron chi connectivity index (χ4n) is 7.40. The van der Waals surface area contributed by atoms with Crippen LogP contribution >= 0.6 is 15.6 Å². The van der Waals surface area contributed by atoms with Gasteiger partial charge in [-0.15, -0.1) is 0 Å². The first-order valence-electron chi connectivity index (χ1n) is 25.3. The molecule has 0 aromatic heterocycles. The molecule has 1 heterocycles. The van der Waals surface area contributed by atoms with E-state index >= 15 is 0 Å². The second-order valence-electron chi connectivity index (χ2n) is 17.5. The van der Waals surface area contributed by atoms with Gasteiger partial charge in [-0.25, -0.2) is 9.13 Å². The van der Waals surface area contributed by atoms with Crippen LogP contribution < -0.4 is 0 Å². The summed E-state index contributed by atoms with van der Waals surface area (Å²) in [6.07, 6.45) is 34.2. The van der Waals surface area contributed by atoms with E-state index in [-0.39, 0.29) is 12.8 Å². The van der Waals surface area contributed by atoms with E-state index in [4.69, 9.17) is 23.3 Å². The Bertz CT molecular complexity index is 1740. The Morgan fingerprint density at radius 2 is 1.06 bits per heavy atom. The topological polar surface area (TPSA) is 269 Å². The number of allylic oxidation sites excluding steroid dienone is 13. The van der Waals surface area contributed by atoms with Gasteiger partial charge in [0.1, 0.15) is 43.2 Å². The van der Waals surface area contributed by atoms with Crippen molar-refractivity contribution < 1.29 is 81.6 Å². The Hall–Kier alpha value is -2.86. The maximum atomic E-state index is 13.0. The van der Waals surface area contributed by atoms with Crippen molar-refractivity contribution in [1.82, 2.24) is 0 Å². The SMILES string of the molecule is CC/C=C\C/C=C\C/C=C\C/C=C\CCCCCCCCC(=O)O[C@H](COC(=O)CCC/C=C\C/C=C\C/C=C\CC1OC1CCCCC)COP(=O)(O)O[C@H]1C(O)C(O)C(O)[C@@H](OP(=O)(O)O)C1O. The summed E-state index contributed by atoms with van der Waals surface area (Å²) in [5.74, 6) is -1.30. The van der Waals surface area contributed by atoms with E-state index in [0.717, 1.165) is 89.9 Å². The Balaban J connectivity index is 1.79. The van der Waals surface area contributed by atoms with Crippen molar-refractivity contribution in [2.75, 3.05) is 13.2 Å². The molecule has 70 heavy (non-hydrogen) atoms. The van der Waals surface area contributed by atoms with Crippen LogP contribution in [0.5, 0.6) is 0 Å². The van der Waals surface area contributed by atoms with Gasteiger partial charge in [0.15, 0.2) is 6.10 Å². The molecule has 0 amide bonds. The van der Waals surface area contributed by atoms with E-state index in [2.05, 4.69) is 91.3 Å². The number of phosphoric ester groups is 2. The largest absolute Gasteiger partial charge is 0.472 e. The number of ether oxygens (including phenoxy) is 3. The summed E-state index contributed by atoms with van der Waals surface area (Å²) in [6.45, 7) is 2.91. The van der Waals surface area contributed by atoms with Gasteiger partial charge in [-0.05, 0) is 83.5 Å². The average molecular weight is 1030 g/mol. The highest BCUT2D eigenvalue weighted by Gasteiger charge is 2.54. The third kappa shape index (κ3) is 30.9. The van der Waals surface area contributed by atoms with E-state index in [1.54, 1.807) is 0 Å². The molecule has 17 nitrogen and oxygen atoms in total. The molecule has 400 valence electrons. The van der Waals surface area contributed by atoms with Crippen LogP contribution in [0.3, 0.4) is 0 Å². The first-order chi connectivity index (χ1) is 33.6. The number of carbonyl (C=O) groups excluding carboxylic acids is 2. The monoisotopic (exact) mass is 1030 g/mol.